The first-order chi connectivity index (χ1) is 16.2. The Balaban J connectivity index is 2.00. The van der Waals surface area contributed by atoms with E-state index in [2.05, 4.69) is 23.2 Å². The molecule has 3 rings (SSSR count). The number of ether oxygens (including phenoxy) is 2. The number of aryl methyl sites for hydroxylation is 1. The zero-order chi connectivity index (χ0) is 24.7. The maximum Gasteiger partial charge on any atom is 0.573 e. The molecule has 0 unspecified atom stereocenters. The molecule has 2 aromatic carbocycles. The van der Waals surface area contributed by atoms with Crippen molar-refractivity contribution in [2.24, 2.45) is 4.99 Å². The van der Waals surface area contributed by atoms with E-state index in [1.807, 2.05) is 38.1 Å². The Hall–Kier alpha value is -3.74. The van der Waals surface area contributed by atoms with Crippen molar-refractivity contribution in [3.63, 3.8) is 0 Å². The van der Waals surface area contributed by atoms with Crippen LogP contribution in [0.1, 0.15) is 23.6 Å². The maximum atomic E-state index is 12.6. The van der Waals surface area contributed by atoms with Crippen molar-refractivity contribution in [2.75, 3.05) is 18.5 Å². The van der Waals surface area contributed by atoms with Crippen molar-refractivity contribution >= 4 is 11.4 Å². The number of rotatable bonds is 9. The van der Waals surface area contributed by atoms with Gasteiger partial charge in [0, 0.05) is 17.3 Å². The monoisotopic (exact) mass is 468 g/mol. The number of benzene rings is 2. The second kappa shape index (κ2) is 10.9. The minimum atomic E-state index is -4.76. The lowest BCUT2D eigenvalue weighted by atomic mass is 9.95. The summed E-state index contributed by atoms with van der Waals surface area (Å²) in [5.41, 5.74) is 5.87. The lowest BCUT2D eigenvalue weighted by Gasteiger charge is -2.16. The number of halogens is 3. The molecule has 34 heavy (non-hydrogen) atoms. The molecule has 4 nitrogen and oxygen atoms in total. The molecule has 178 valence electrons. The number of hydrogen-bond donors (Lipinski definition) is 1. The van der Waals surface area contributed by atoms with Crippen molar-refractivity contribution in [1.29, 1.82) is 0 Å². The Morgan fingerprint density at radius 3 is 2.65 bits per heavy atom. The molecule has 0 saturated heterocycles. The topological polar surface area (TPSA) is 42.8 Å². The number of hydrogen-bond acceptors (Lipinski definition) is 4. The minimum absolute atomic E-state index is 0.271. The van der Waals surface area contributed by atoms with Crippen LogP contribution in [0.5, 0.6) is 11.5 Å². The Labute approximate surface area is 197 Å². The van der Waals surface area contributed by atoms with Gasteiger partial charge in [-0.05, 0) is 61.2 Å². The SMILES string of the molecule is C=C/C=C(\C=C)C1=CCc2c(C)cc(OCC)cc2C(CNc2cccc(OC(F)(F)F)c2)=N1. The summed E-state index contributed by atoms with van der Waals surface area (Å²) in [7, 11) is 0. The van der Waals surface area contributed by atoms with Gasteiger partial charge in [-0.2, -0.15) is 0 Å². The molecule has 0 aromatic heterocycles. The van der Waals surface area contributed by atoms with Crippen molar-refractivity contribution in [2.45, 2.75) is 26.6 Å². The second-order valence-corrected chi connectivity index (χ2v) is 7.54. The van der Waals surface area contributed by atoms with E-state index in [4.69, 9.17) is 9.73 Å². The summed E-state index contributed by atoms with van der Waals surface area (Å²) in [6.45, 7) is 12.4. The average Bonchev–Trinajstić information content (AvgIpc) is 2.95. The van der Waals surface area contributed by atoms with Crippen LogP contribution in [-0.4, -0.2) is 25.2 Å². The van der Waals surface area contributed by atoms with E-state index >= 15 is 0 Å². The fourth-order valence-corrected chi connectivity index (χ4v) is 3.70. The highest BCUT2D eigenvalue weighted by Crippen LogP contribution is 2.30. The maximum absolute atomic E-state index is 12.6. The fraction of sp³-hybridized carbons (Fsp3) is 0.222. The van der Waals surface area contributed by atoms with Gasteiger partial charge in [-0.1, -0.05) is 43.5 Å². The summed E-state index contributed by atoms with van der Waals surface area (Å²) < 4.78 is 47.6. The van der Waals surface area contributed by atoms with Gasteiger partial charge < -0.3 is 14.8 Å². The van der Waals surface area contributed by atoms with Gasteiger partial charge in [0.1, 0.15) is 11.5 Å². The fourth-order valence-electron chi connectivity index (χ4n) is 3.70. The summed E-state index contributed by atoms with van der Waals surface area (Å²) in [4.78, 5) is 4.91. The summed E-state index contributed by atoms with van der Waals surface area (Å²) in [6, 6.07) is 9.68. The smallest absolute Gasteiger partial charge is 0.494 e. The molecule has 0 atom stereocenters. The van der Waals surface area contributed by atoms with Crippen LogP contribution >= 0.6 is 0 Å². The molecule has 0 fully saturated rings. The number of allylic oxidation sites excluding steroid dienone is 4. The zero-order valence-electron chi connectivity index (χ0n) is 19.2. The Kier molecular flexibility index (Phi) is 7.99. The van der Waals surface area contributed by atoms with E-state index in [0.717, 1.165) is 39.4 Å². The van der Waals surface area contributed by atoms with Gasteiger partial charge in [0.05, 0.1) is 24.6 Å². The molecule has 0 bridgehead atoms. The molecule has 0 aliphatic carbocycles. The molecule has 1 heterocycles. The Bertz CT molecular complexity index is 1160. The van der Waals surface area contributed by atoms with Gasteiger partial charge in [0.25, 0.3) is 0 Å². The van der Waals surface area contributed by atoms with Crippen molar-refractivity contribution in [1.82, 2.24) is 0 Å². The molecule has 2 aromatic rings. The van der Waals surface area contributed by atoms with E-state index < -0.39 is 6.36 Å². The van der Waals surface area contributed by atoms with E-state index in [1.54, 1.807) is 18.2 Å². The third kappa shape index (κ3) is 6.41. The summed E-state index contributed by atoms with van der Waals surface area (Å²) in [5.74, 6) is 0.444. The van der Waals surface area contributed by atoms with E-state index in [-0.39, 0.29) is 12.3 Å². The van der Waals surface area contributed by atoms with E-state index in [1.165, 1.54) is 18.2 Å². The van der Waals surface area contributed by atoms with Gasteiger partial charge in [-0.15, -0.1) is 13.2 Å². The third-order valence-corrected chi connectivity index (χ3v) is 5.16. The van der Waals surface area contributed by atoms with Gasteiger partial charge in [0.2, 0.25) is 0 Å². The van der Waals surface area contributed by atoms with Crippen LogP contribution < -0.4 is 14.8 Å². The van der Waals surface area contributed by atoms with Crippen LogP contribution in [0.25, 0.3) is 0 Å². The molecule has 7 heteroatoms. The number of aliphatic imine (C=N–C) groups is 1. The molecule has 1 aliphatic heterocycles. The highest BCUT2D eigenvalue weighted by Gasteiger charge is 2.31. The molecule has 0 amide bonds. The molecule has 0 spiro atoms. The quantitative estimate of drug-likeness (QED) is 0.406. The van der Waals surface area contributed by atoms with Crippen LogP contribution in [0.4, 0.5) is 18.9 Å². The van der Waals surface area contributed by atoms with Gasteiger partial charge in [-0.3, -0.25) is 4.99 Å². The highest BCUT2D eigenvalue weighted by atomic mass is 19.4. The highest BCUT2D eigenvalue weighted by molar-refractivity contribution is 6.06. The van der Waals surface area contributed by atoms with Gasteiger partial charge in [-0.25, -0.2) is 0 Å². The Morgan fingerprint density at radius 2 is 1.97 bits per heavy atom. The predicted molar refractivity (Wildman–Crippen MR) is 131 cm³/mol. The molecular formula is C27H27F3N2O2. The minimum Gasteiger partial charge on any atom is -0.494 e. The lowest BCUT2D eigenvalue weighted by Crippen LogP contribution is -2.18. The van der Waals surface area contributed by atoms with Crippen LogP contribution in [0.2, 0.25) is 0 Å². The molecule has 1 aliphatic rings. The van der Waals surface area contributed by atoms with Gasteiger partial charge >= 0.3 is 6.36 Å². The first-order valence-corrected chi connectivity index (χ1v) is 10.8. The number of fused-ring (bicyclic) bond motifs is 1. The number of nitrogens with zero attached hydrogens (tertiary/aromatic N) is 1. The van der Waals surface area contributed by atoms with Crippen molar-refractivity contribution < 1.29 is 22.6 Å². The number of anilines is 1. The molecule has 0 radical (unpaired) electrons. The summed E-state index contributed by atoms with van der Waals surface area (Å²) >= 11 is 0. The Morgan fingerprint density at radius 1 is 1.18 bits per heavy atom. The van der Waals surface area contributed by atoms with Gasteiger partial charge in [0.15, 0.2) is 0 Å². The first-order valence-electron chi connectivity index (χ1n) is 10.8. The van der Waals surface area contributed by atoms with Crippen LogP contribution in [0.3, 0.4) is 0 Å². The van der Waals surface area contributed by atoms with Crippen LogP contribution in [0.15, 0.2) is 90.1 Å². The summed E-state index contributed by atoms with van der Waals surface area (Å²) in [6.07, 6.45) is 3.16. The standard InChI is InChI=1S/C27H27F3N2O2/c1-5-9-19(6-2)25-13-12-23-18(4)14-22(33-7-3)16-24(23)26(32-25)17-31-20-10-8-11-21(15-20)34-27(28,29)30/h5-6,8-11,13-16,31H,1-2,7,12,17H2,3-4H3/b19-9+. The average molecular weight is 469 g/mol. The second-order valence-electron chi connectivity index (χ2n) is 7.54. The summed E-state index contributed by atoms with van der Waals surface area (Å²) in [5, 5.41) is 3.18. The molecule has 0 saturated carbocycles. The van der Waals surface area contributed by atoms with Crippen molar-refractivity contribution in [3.05, 3.63) is 102 Å². The van der Waals surface area contributed by atoms with Crippen molar-refractivity contribution in [3.8, 4) is 11.5 Å². The van der Waals surface area contributed by atoms with Crippen LogP contribution in [0, 0.1) is 6.92 Å². The van der Waals surface area contributed by atoms with E-state index in [0.29, 0.717) is 18.7 Å². The number of alkyl halides is 3. The lowest BCUT2D eigenvalue weighted by molar-refractivity contribution is -0.274. The van der Waals surface area contributed by atoms with Crippen LogP contribution in [-0.2, 0) is 6.42 Å². The molecule has 1 N–H and O–H groups in total. The first kappa shape index (κ1) is 24.9. The molecular weight excluding hydrogens is 441 g/mol. The largest absolute Gasteiger partial charge is 0.573 e. The number of nitrogens with one attached hydrogen (secondary N) is 1. The van der Waals surface area contributed by atoms with E-state index in [9.17, 15) is 13.2 Å². The predicted octanol–water partition coefficient (Wildman–Crippen LogP) is 6.93. The normalized spacial score (nSPS) is 13.7. The zero-order valence-corrected chi connectivity index (χ0v) is 19.2. The third-order valence-electron chi connectivity index (χ3n) is 5.16.